The van der Waals surface area contributed by atoms with Gasteiger partial charge in [0.1, 0.15) is 18.2 Å². The molecule has 0 aliphatic rings. The van der Waals surface area contributed by atoms with Gasteiger partial charge in [0.2, 0.25) is 0 Å². The molecule has 3 rings (SSSR count). The van der Waals surface area contributed by atoms with Crippen LogP contribution in [-0.4, -0.2) is 6.21 Å². The van der Waals surface area contributed by atoms with Crippen LogP contribution in [0.15, 0.2) is 77.8 Å². The van der Waals surface area contributed by atoms with E-state index in [0.717, 1.165) is 29.0 Å². The maximum absolute atomic E-state index is 13.3. The van der Waals surface area contributed by atoms with Gasteiger partial charge in [0.05, 0.1) is 5.69 Å². The minimum Gasteiger partial charge on any atom is -0.488 e. The summed E-state index contributed by atoms with van der Waals surface area (Å²) >= 11 is 0. The summed E-state index contributed by atoms with van der Waals surface area (Å²) in [5.41, 5.74) is 3.87. The molecule has 0 fully saturated rings. The largest absolute Gasteiger partial charge is 0.488 e. The lowest BCUT2D eigenvalue weighted by molar-refractivity contribution is 0.305. The molecule has 3 aromatic rings. The highest BCUT2D eigenvalue weighted by Gasteiger charge is 2.02. The fourth-order valence-electron chi connectivity index (χ4n) is 2.47. The average molecular weight is 333 g/mol. The Bertz CT molecular complexity index is 856. The molecule has 0 saturated carbocycles. The molecule has 0 unspecified atom stereocenters. The lowest BCUT2D eigenvalue weighted by atomic mass is 10.1. The van der Waals surface area contributed by atoms with Gasteiger partial charge in [-0.1, -0.05) is 43.3 Å². The Morgan fingerprint density at radius 1 is 0.920 bits per heavy atom. The average Bonchev–Trinajstić information content (AvgIpc) is 2.66. The molecule has 0 aliphatic heterocycles. The van der Waals surface area contributed by atoms with Crippen LogP contribution in [-0.2, 0) is 13.0 Å². The molecular formula is C22H20FNO. The van der Waals surface area contributed by atoms with Crippen LogP contribution in [0.4, 0.5) is 10.1 Å². The van der Waals surface area contributed by atoms with Gasteiger partial charge in [-0.3, -0.25) is 4.99 Å². The molecule has 0 bridgehead atoms. The Labute approximate surface area is 147 Å². The molecule has 126 valence electrons. The maximum Gasteiger partial charge on any atom is 0.128 e. The zero-order valence-electron chi connectivity index (χ0n) is 14.2. The van der Waals surface area contributed by atoms with Gasteiger partial charge in [-0.25, -0.2) is 4.39 Å². The summed E-state index contributed by atoms with van der Waals surface area (Å²) in [6, 6.07) is 22.3. The van der Waals surface area contributed by atoms with Crippen molar-refractivity contribution in [3.8, 4) is 5.75 Å². The van der Waals surface area contributed by atoms with Crippen molar-refractivity contribution in [1.82, 2.24) is 0 Å². The lowest BCUT2D eigenvalue weighted by Gasteiger charge is -2.09. The number of nitrogens with zero attached hydrogens (tertiary/aromatic N) is 1. The zero-order chi connectivity index (χ0) is 17.5. The number of hydrogen-bond donors (Lipinski definition) is 0. The molecular weight excluding hydrogens is 313 g/mol. The summed E-state index contributed by atoms with van der Waals surface area (Å²) in [5.74, 6) is 0.465. The van der Waals surface area contributed by atoms with E-state index in [2.05, 4.69) is 24.0 Å². The van der Waals surface area contributed by atoms with Crippen LogP contribution in [0.3, 0.4) is 0 Å². The monoisotopic (exact) mass is 333 g/mol. The second kappa shape index (κ2) is 8.25. The third-order valence-electron chi connectivity index (χ3n) is 3.90. The lowest BCUT2D eigenvalue weighted by Crippen LogP contribution is -1.98. The van der Waals surface area contributed by atoms with Gasteiger partial charge in [0.15, 0.2) is 0 Å². The number of aryl methyl sites for hydroxylation is 1. The van der Waals surface area contributed by atoms with Crippen molar-refractivity contribution < 1.29 is 9.13 Å². The van der Waals surface area contributed by atoms with Gasteiger partial charge in [0.25, 0.3) is 0 Å². The first-order valence-corrected chi connectivity index (χ1v) is 8.34. The fourth-order valence-corrected chi connectivity index (χ4v) is 2.47. The van der Waals surface area contributed by atoms with E-state index < -0.39 is 0 Å². The van der Waals surface area contributed by atoms with E-state index in [4.69, 9.17) is 4.74 Å². The summed E-state index contributed by atoms with van der Waals surface area (Å²) in [6.07, 6.45) is 2.81. The Kier molecular flexibility index (Phi) is 5.57. The predicted octanol–water partition coefficient (Wildman–Crippen LogP) is 5.72. The van der Waals surface area contributed by atoms with Crippen LogP contribution in [0.25, 0.3) is 0 Å². The second-order valence-corrected chi connectivity index (χ2v) is 5.73. The summed E-state index contributed by atoms with van der Waals surface area (Å²) in [6.45, 7) is 2.44. The van der Waals surface area contributed by atoms with Gasteiger partial charge in [-0.2, -0.15) is 0 Å². The van der Waals surface area contributed by atoms with Gasteiger partial charge in [0, 0.05) is 11.8 Å². The quantitative estimate of drug-likeness (QED) is 0.529. The minimum absolute atomic E-state index is 0.258. The minimum atomic E-state index is -0.258. The Balaban J connectivity index is 1.72. The number of ether oxygens (including phenoxy) is 1. The molecule has 0 aliphatic carbocycles. The summed E-state index contributed by atoms with van der Waals surface area (Å²) in [7, 11) is 0. The number of rotatable bonds is 6. The summed E-state index contributed by atoms with van der Waals surface area (Å²) in [5, 5.41) is 0. The van der Waals surface area contributed by atoms with Crippen molar-refractivity contribution >= 4 is 11.9 Å². The highest BCUT2D eigenvalue weighted by Crippen LogP contribution is 2.20. The van der Waals surface area contributed by atoms with Crippen LogP contribution in [0, 0.1) is 5.82 Å². The molecule has 25 heavy (non-hydrogen) atoms. The summed E-state index contributed by atoms with van der Waals surface area (Å²) < 4.78 is 19.1. The topological polar surface area (TPSA) is 21.6 Å². The van der Waals surface area contributed by atoms with Crippen LogP contribution in [0.1, 0.15) is 23.6 Å². The maximum atomic E-state index is 13.3. The zero-order valence-corrected chi connectivity index (χ0v) is 14.2. The molecule has 0 spiro atoms. The first-order chi connectivity index (χ1) is 12.2. The van der Waals surface area contributed by atoms with E-state index in [9.17, 15) is 4.39 Å². The van der Waals surface area contributed by atoms with Crippen LogP contribution < -0.4 is 4.74 Å². The highest BCUT2D eigenvalue weighted by molar-refractivity contribution is 5.85. The predicted molar refractivity (Wildman–Crippen MR) is 100 cm³/mol. The van der Waals surface area contributed by atoms with Crippen LogP contribution in [0.2, 0.25) is 0 Å². The molecule has 0 amide bonds. The van der Waals surface area contributed by atoms with Crippen molar-refractivity contribution in [2.24, 2.45) is 4.99 Å². The molecule has 0 aromatic heterocycles. The van der Waals surface area contributed by atoms with Gasteiger partial charge >= 0.3 is 0 Å². The SMILES string of the molecule is CCc1ccc(N=Cc2ccccc2OCc2cccc(F)c2)cc1. The van der Waals surface area contributed by atoms with Gasteiger partial charge < -0.3 is 4.74 Å². The van der Waals surface area contributed by atoms with Gasteiger partial charge in [-0.05, 0) is 53.9 Å². The van der Waals surface area contributed by atoms with E-state index >= 15 is 0 Å². The molecule has 3 heteroatoms. The molecule has 2 nitrogen and oxygen atoms in total. The highest BCUT2D eigenvalue weighted by atomic mass is 19.1. The third kappa shape index (κ3) is 4.77. The van der Waals surface area contributed by atoms with Crippen molar-refractivity contribution in [1.29, 1.82) is 0 Å². The third-order valence-corrected chi connectivity index (χ3v) is 3.90. The molecule has 0 N–H and O–H groups in total. The number of para-hydroxylation sites is 1. The first-order valence-electron chi connectivity index (χ1n) is 8.34. The number of aliphatic imine (C=N–C) groups is 1. The van der Waals surface area contributed by atoms with Gasteiger partial charge in [-0.15, -0.1) is 0 Å². The van der Waals surface area contributed by atoms with Crippen molar-refractivity contribution in [2.45, 2.75) is 20.0 Å². The molecule has 3 aromatic carbocycles. The Morgan fingerprint density at radius 2 is 1.72 bits per heavy atom. The fraction of sp³-hybridized carbons (Fsp3) is 0.136. The summed E-state index contributed by atoms with van der Waals surface area (Å²) in [4.78, 5) is 4.52. The Hall–Kier alpha value is -2.94. The normalized spacial score (nSPS) is 11.0. The number of halogens is 1. The van der Waals surface area contributed by atoms with E-state index in [-0.39, 0.29) is 5.82 Å². The van der Waals surface area contributed by atoms with E-state index in [0.29, 0.717) is 6.61 Å². The molecule has 0 atom stereocenters. The standard InChI is InChI=1S/C22H20FNO/c1-2-17-10-12-21(13-11-17)24-15-19-7-3-4-9-22(19)25-16-18-6-5-8-20(23)14-18/h3-15H,2,16H2,1H3. The van der Waals surface area contributed by atoms with Crippen molar-refractivity contribution in [2.75, 3.05) is 0 Å². The molecule has 0 radical (unpaired) electrons. The number of benzene rings is 3. The second-order valence-electron chi connectivity index (χ2n) is 5.73. The molecule has 0 heterocycles. The molecule has 0 saturated heterocycles. The van der Waals surface area contributed by atoms with Crippen molar-refractivity contribution in [3.05, 3.63) is 95.3 Å². The van der Waals surface area contributed by atoms with Crippen LogP contribution in [0.5, 0.6) is 5.75 Å². The number of hydrogen-bond acceptors (Lipinski definition) is 2. The van der Waals surface area contributed by atoms with E-state index in [1.807, 2.05) is 42.5 Å². The van der Waals surface area contributed by atoms with E-state index in [1.165, 1.54) is 17.7 Å². The van der Waals surface area contributed by atoms with E-state index in [1.54, 1.807) is 12.3 Å². The van der Waals surface area contributed by atoms with Crippen LogP contribution >= 0.6 is 0 Å². The first kappa shape index (κ1) is 16.9. The Morgan fingerprint density at radius 3 is 2.48 bits per heavy atom. The smallest absolute Gasteiger partial charge is 0.128 e. The van der Waals surface area contributed by atoms with Crippen molar-refractivity contribution in [3.63, 3.8) is 0 Å².